The number of rotatable bonds is 7. The van der Waals surface area contributed by atoms with E-state index in [0.29, 0.717) is 0 Å². The standard InChI is InChI=1S/C18H35N3O13.CH2O3/c19-7-12(27)14(5(2-23)30-16(7)29)33-18-9(21)13(28)15(6(3-24)32-18)34-17-8(20)11(26)10(25)4(1-22)31-17;2-1(3)4/h4-18,22-29H,1-3,19-21H2;(H2,2,3,4)/t4-,5-,6-,7-,8-,9-,10-,11-,12-,13-,14?,15?,16-,17+,18+;/m1./s1. The number of nitrogens with two attached hydrogens (primary N) is 3. The minimum Gasteiger partial charge on any atom is -0.450 e. The molecule has 3 rings (SSSR count). The van der Waals surface area contributed by atoms with Crippen LogP contribution in [0.1, 0.15) is 0 Å². The van der Waals surface area contributed by atoms with E-state index in [9.17, 15) is 40.9 Å². The van der Waals surface area contributed by atoms with E-state index in [0.717, 1.165) is 0 Å². The lowest BCUT2D eigenvalue weighted by molar-refractivity contribution is -0.348. The van der Waals surface area contributed by atoms with Gasteiger partial charge in [0.2, 0.25) is 0 Å². The Bertz CT molecular complexity index is 730. The molecule has 3 saturated heterocycles. The summed E-state index contributed by atoms with van der Waals surface area (Å²) >= 11 is 0. The van der Waals surface area contributed by atoms with Gasteiger partial charge < -0.3 is 92.0 Å². The predicted molar refractivity (Wildman–Crippen MR) is 118 cm³/mol. The molecule has 224 valence electrons. The minimum absolute atomic E-state index is 0.651. The Morgan fingerprint density at radius 1 is 0.605 bits per heavy atom. The van der Waals surface area contributed by atoms with Crippen LogP contribution >= 0.6 is 0 Å². The van der Waals surface area contributed by atoms with Gasteiger partial charge in [0.1, 0.15) is 54.9 Å². The van der Waals surface area contributed by atoms with Gasteiger partial charge in [0.15, 0.2) is 18.9 Å². The molecule has 0 bridgehead atoms. The predicted octanol–water partition coefficient (Wildman–Crippen LogP) is -7.45. The smallest absolute Gasteiger partial charge is 0.450 e. The molecular weight excluding hydrogens is 526 g/mol. The summed E-state index contributed by atoms with van der Waals surface area (Å²) < 4.78 is 27.4. The topological polar surface area (TPSA) is 344 Å². The molecular formula is C19H37N3O16. The first kappa shape index (κ1) is 32.8. The molecule has 16 N–H and O–H groups in total. The van der Waals surface area contributed by atoms with E-state index in [-0.39, 0.29) is 0 Å². The van der Waals surface area contributed by atoms with E-state index in [2.05, 4.69) is 0 Å². The Labute approximate surface area is 215 Å². The van der Waals surface area contributed by atoms with Gasteiger partial charge in [0.05, 0.1) is 37.9 Å². The molecule has 38 heavy (non-hydrogen) atoms. The van der Waals surface area contributed by atoms with Crippen molar-refractivity contribution in [3.05, 3.63) is 0 Å². The summed E-state index contributed by atoms with van der Waals surface area (Å²) in [6.45, 7) is -2.00. The second kappa shape index (κ2) is 14.3. The van der Waals surface area contributed by atoms with Crippen molar-refractivity contribution < 1.29 is 79.5 Å². The molecule has 19 nitrogen and oxygen atoms in total. The van der Waals surface area contributed by atoms with E-state index in [4.69, 9.17) is 55.9 Å². The Hall–Kier alpha value is -1.37. The maximum absolute atomic E-state index is 10.8. The molecule has 19 heteroatoms. The summed E-state index contributed by atoms with van der Waals surface area (Å²) in [5.74, 6) is 0. The van der Waals surface area contributed by atoms with Crippen molar-refractivity contribution in [3.8, 4) is 0 Å². The zero-order valence-electron chi connectivity index (χ0n) is 19.9. The zero-order valence-corrected chi connectivity index (χ0v) is 19.9. The third-order valence-electron chi connectivity index (χ3n) is 6.33. The van der Waals surface area contributed by atoms with E-state index < -0.39 is 118 Å². The highest BCUT2D eigenvalue weighted by molar-refractivity contribution is 5.53. The van der Waals surface area contributed by atoms with Crippen molar-refractivity contribution in [2.75, 3.05) is 19.8 Å². The molecule has 3 aliphatic heterocycles. The van der Waals surface area contributed by atoms with E-state index >= 15 is 0 Å². The quantitative estimate of drug-likeness (QED) is 0.137. The fraction of sp³-hybridized carbons (Fsp3) is 0.947. The minimum atomic E-state index is -1.83. The summed E-state index contributed by atoms with van der Waals surface area (Å²) in [4.78, 5) is 8.56. The lowest BCUT2D eigenvalue weighted by atomic mass is 9.94. The highest BCUT2D eigenvalue weighted by Crippen LogP contribution is 2.31. The Kier molecular flexibility index (Phi) is 12.4. The van der Waals surface area contributed by atoms with Crippen LogP contribution in [0.25, 0.3) is 0 Å². The van der Waals surface area contributed by atoms with Crippen molar-refractivity contribution in [1.82, 2.24) is 0 Å². The second-order valence-corrected chi connectivity index (χ2v) is 8.88. The molecule has 15 atom stereocenters. The number of carbonyl (C=O) groups is 1. The van der Waals surface area contributed by atoms with Crippen molar-refractivity contribution >= 4 is 6.16 Å². The maximum atomic E-state index is 10.8. The van der Waals surface area contributed by atoms with E-state index in [1.807, 2.05) is 0 Å². The Morgan fingerprint density at radius 3 is 1.42 bits per heavy atom. The van der Waals surface area contributed by atoms with Gasteiger partial charge in [-0.3, -0.25) is 0 Å². The molecule has 2 unspecified atom stereocenters. The monoisotopic (exact) mass is 563 g/mol. The largest absolute Gasteiger partial charge is 0.503 e. The molecule has 3 aliphatic rings. The third-order valence-corrected chi connectivity index (χ3v) is 6.33. The summed E-state index contributed by atoms with van der Waals surface area (Å²) in [6.07, 6.45) is -18.6. The van der Waals surface area contributed by atoms with Crippen molar-refractivity contribution in [1.29, 1.82) is 0 Å². The van der Waals surface area contributed by atoms with Gasteiger partial charge in [-0.1, -0.05) is 0 Å². The third kappa shape index (κ3) is 7.42. The molecule has 0 saturated carbocycles. The number of aliphatic hydroxyl groups is 8. The fourth-order valence-electron chi connectivity index (χ4n) is 4.18. The van der Waals surface area contributed by atoms with Gasteiger partial charge in [0, 0.05) is 0 Å². The Balaban J connectivity index is 0.00000118. The van der Waals surface area contributed by atoms with Crippen LogP contribution in [0, 0.1) is 0 Å². The Morgan fingerprint density at radius 2 is 0.974 bits per heavy atom. The summed E-state index contributed by atoms with van der Waals surface area (Å²) in [7, 11) is 0. The van der Waals surface area contributed by atoms with Crippen LogP contribution in [0.4, 0.5) is 4.79 Å². The lowest BCUT2D eigenvalue weighted by Crippen LogP contribution is -2.69. The normalized spacial score (nSPS) is 47.6. The van der Waals surface area contributed by atoms with Gasteiger partial charge in [-0.15, -0.1) is 0 Å². The molecule has 0 radical (unpaired) electrons. The lowest BCUT2D eigenvalue weighted by Gasteiger charge is -2.48. The van der Waals surface area contributed by atoms with Gasteiger partial charge in [-0.2, -0.15) is 0 Å². The van der Waals surface area contributed by atoms with Crippen LogP contribution in [0.3, 0.4) is 0 Å². The number of ether oxygens (including phenoxy) is 5. The molecule has 0 aromatic rings. The van der Waals surface area contributed by atoms with Crippen LogP contribution in [0.15, 0.2) is 0 Å². The van der Waals surface area contributed by atoms with Gasteiger partial charge in [-0.05, 0) is 0 Å². The average Bonchev–Trinajstić information content (AvgIpc) is 2.87. The second-order valence-electron chi connectivity index (χ2n) is 8.88. The molecule has 3 fully saturated rings. The van der Waals surface area contributed by atoms with Gasteiger partial charge >= 0.3 is 6.16 Å². The number of carboxylic acid groups (broad SMARTS) is 2. The molecule has 0 aromatic carbocycles. The molecule has 0 amide bonds. The number of hydrogen-bond donors (Lipinski definition) is 13. The maximum Gasteiger partial charge on any atom is 0.503 e. The summed E-state index contributed by atoms with van der Waals surface area (Å²) in [6, 6.07) is -3.87. The van der Waals surface area contributed by atoms with Crippen LogP contribution in [-0.4, -0.2) is 169 Å². The van der Waals surface area contributed by atoms with Crippen molar-refractivity contribution in [2.24, 2.45) is 17.2 Å². The molecule has 3 heterocycles. The van der Waals surface area contributed by atoms with Crippen LogP contribution in [0.2, 0.25) is 0 Å². The zero-order chi connectivity index (χ0) is 28.9. The first-order chi connectivity index (χ1) is 17.8. The van der Waals surface area contributed by atoms with Gasteiger partial charge in [-0.25, -0.2) is 4.79 Å². The number of hydrogen-bond acceptors (Lipinski definition) is 17. The van der Waals surface area contributed by atoms with Crippen molar-refractivity contribution in [2.45, 2.75) is 91.9 Å². The SMILES string of the molecule is N[C@H]1[C@H](OC2[C@@H](CO)O[C@@H](OC3[C@@H](CO)O[C@@H](O)[C@H](N)[C@H]3O)[C@H](N)[C@H]2O)O[C@H](CO)[C@@H](O)[C@@H]1O.O=C(O)O. The highest BCUT2D eigenvalue weighted by atomic mass is 16.7. The summed E-state index contributed by atoms with van der Waals surface area (Å²) in [5.41, 5.74) is 17.6. The summed E-state index contributed by atoms with van der Waals surface area (Å²) in [5, 5.41) is 93.6. The number of aliphatic hydroxyl groups excluding tert-OH is 8. The van der Waals surface area contributed by atoms with E-state index in [1.165, 1.54) is 0 Å². The van der Waals surface area contributed by atoms with Crippen LogP contribution in [-0.2, 0) is 23.7 Å². The van der Waals surface area contributed by atoms with Crippen molar-refractivity contribution in [3.63, 3.8) is 0 Å². The van der Waals surface area contributed by atoms with Crippen LogP contribution in [0.5, 0.6) is 0 Å². The first-order valence-corrected chi connectivity index (χ1v) is 11.5. The molecule has 0 aromatic heterocycles. The average molecular weight is 564 g/mol. The molecule has 0 aliphatic carbocycles. The van der Waals surface area contributed by atoms with Crippen LogP contribution < -0.4 is 17.2 Å². The fourth-order valence-corrected chi connectivity index (χ4v) is 4.18. The van der Waals surface area contributed by atoms with E-state index in [1.54, 1.807) is 0 Å². The first-order valence-electron chi connectivity index (χ1n) is 11.5. The molecule has 0 spiro atoms. The van der Waals surface area contributed by atoms with Gasteiger partial charge in [0.25, 0.3) is 0 Å². The highest BCUT2D eigenvalue weighted by Gasteiger charge is 2.52.